The van der Waals surface area contributed by atoms with E-state index in [1.54, 1.807) is 12.1 Å². The molecule has 3 nitrogen and oxygen atoms in total. The molecule has 1 aromatic carbocycles. The number of pyridine rings is 1. The summed E-state index contributed by atoms with van der Waals surface area (Å²) in [5.74, 6) is 0.847. The minimum atomic E-state index is -1.17. The standard InChI is InChI=1S/C21H27FN2OS/c1-21(2,3)26(25)24-13-10-15-4-6-16(7-5-15)18-11-12-23-20-9-8-17(22)14-19(18)20/h8-9,11-16H,4-7,10H2,1-3H3. The molecule has 0 N–H and O–H groups in total. The number of benzene rings is 1. The first-order chi connectivity index (χ1) is 12.3. The molecule has 26 heavy (non-hydrogen) atoms. The lowest BCUT2D eigenvalue weighted by molar-refractivity contribution is 0.336. The van der Waals surface area contributed by atoms with E-state index in [0.717, 1.165) is 43.0 Å². The zero-order valence-corrected chi connectivity index (χ0v) is 16.6. The van der Waals surface area contributed by atoms with Gasteiger partial charge in [-0.2, -0.15) is 0 Å². The van der Waals surface area contributed by atoms with Crippen molar-refractivity contribution in [1.82, 2.24) is 4.98 Å². The Balaban J connectivity index is 1.61. The van der Waals surface area contributed by atoms with E-state index in [2.05, 4.69) is 9.38 Å². The molecule has 0 amide bonds. The Hall–Kier alpha value is -1.46. The molecule has 1 atom stereocenters. The summed E-state index contributed by atoms with van der Waals surface area (Å²) in [6.45, 7) is 5.81. The molecule has 2 aromatic rings. The molecule has 1 aliphatic carbocycles. The van der Waals surface area contributed by atoms with Gasteiger partial charge in [0.05, 0.1) is 11.7 Å². The molecule has 1 fully saturated rings. The van der Waals surface area contributed by atoms with E-state index in [1.807, 2.05) is 39.2 Å². The minimum absolute atomic E-state index is 0.205. The molecule has 1 saturated carbocycles. The maximum absolute atomic E-state index is 13.7. The SMILES string of the molecule is CC(C)(C)[S+]([O-])N=CCC1CCC(c2ccnc3ccc(F)cc23)CC1. The molecule has 0 radical (unpaired) electrons. The third-order valence-corrected chi connectivity index (χ3v) is 6.55. The van der Waals surface area contributed by atoms with Crippen molar-refractivity contribution in [3.63, 3.8) is 0 Å². The van der Waals surface area contributed by atoms with Gasteiger partial charge in [0.15, 0.2) is 0 Å². The molecule has 5 heteroatoms. The topological polar surface area (TPSA) is 48.3 Å². The fourth-order valence-corrected chi connectivity index (χ4v) is 4.16. The first-order valence-electron chi connectivity index (χ1n) is 9.33. The number of hydrogen-bond donors (Lipinski definition) is 0. The molecule has 0 aliphatic heterocycles. The van der Waals surface area contributed by atoms with E-state index >= 15 is 0 Å². The van der Waals surface area contributed by atoms with Gasteiger partial charge in [0, 0.05) is 11.6 Å². The summed E-state index contributed by atoms with van der Waals surface area (Å²) in [5.41, 5.74) is 2.08. The smallest absolute Gasteiger partial charge is 0.144 e. The molecular weight excluding hydrogens is 347 g/mol. The van der Waals surface area contributed by atoms with Crippen LogP contribution < -0.4 is 0 Å². The quantitative estimate of drug-likeness (QED) is 0.519. The Labute approximate surface area is 158 Å². The summed E-state index contributed by atoms with van der Waals surface area (Å²) in [6.07, 6.45) is 9.00. The summed E-state index contributed by atoms with van der Waals surface area (Å²) in [7, 11) is 0. The van der Waals surface area contributed by atoms with Crippen molar-refractivity contribution in [1.29, 1.82) is 0 Å². The summed E-state index contributed by atoms with van der Waals surface area (Å²) in [4.78, 5) is 4.36. The van der Waals surface area contributed by atoms with Crippen LogP contribution in [0, 0.1) is 11.7 Å². The van der Waals surface area contributed by atoms with E-state index in [9.17, 15) is 8.94 Å². The molecule has 3 rings (SSSR count). The molecule has 140 valence electrons. The lowest BCUT2D eigenvalue weighted by Gasteiger charge is -2.28. The predicted molar refractivity (Wildman–Crippen MR) is 107 cm³/mol. The van der Waals surface area contributed by atoms with Gasteiger partial charge in [-0.15, -0.1) is 0 Å². The third-order valence-electron chi connectivity index (χ3n) is 5.16. The van der Waals surface area contributed by atoms with Gasteiger partial charge in [-0.05, 0) is 94.5 Å². The van der Waals surface area contributed by atoms with Gasteiger partial charge in [0.25, 0.3) is 0 Å². The molecule has 0 saturated heterocycles. The van der Waals surface area contributed by atoms with Gasteiger partial charge in [0.2, 0.25) is 0 Å². The summed E-state index contributed by atoms with van der Waals surface area (Å²) in [6, 6.07) is 6.88. The van der Waals surface area contributed by atoms with E-state index < -0.39 is 11.4 Å². The monoisotopic (exact) mass is 374 g/mol. The van der Waals surface area contributed by atoms with Crippen LogP contribution in [0.1, 0.15) is 64.4 Å². The van der Waals surface area contributed by atoms with Gasteiger partial charge in [-0.3, -0.25) is 4.98 Å². The molecule has 0 spiro atoms. The van der Waals surface area contributed by atoms with E-state index in [1.165, 1.54) is 11.6 Å². The highest BCUT2D eigenvalue weighted by Crippen LogP contribution is 2.39. The number of aromatic nitrogens is 1. The van der Waals surface area contributed by atoms with Crippen LogP contribution in [0.4, 0.5) is 4.39 Å². The second kappa shape index (κ2) is 8.05. The fourth-order valence-electron chi connectivity index (χ4n) is 3.62. The van der Waals surface area contributed by atoms with Gasteiger partial charge in [-0.25, -0.2) is 4.39 Å². The lowest BCUT2D eigenvalue weighted by atomic mass is 9.77. The van der Waals surface area contributed by atoms with Gasteiger partial charge in [0.1, 0.15) is 21.9 Å². The van der Waals surface area contributed by atoms with Crippen molar-refractivity contribution in [3.05, 3.63) is 41.8 Å². The number of halogens is 1. The van der Waals surface area contributed by atoms with Crippen molar-refractivity contribution >= 4 is 28.5 Å². The number of nitrogens with zero attached hydrogens (tertiary/aromatic N) is 2. The maximum Gasteiger partial charge on any atom is 0.144 e. The molecule has 1 aliphatic rings. The highest BCUT2D eigenvalue weighted by molar-refractivity contribution is 7.91. The van der Waals surface area contributed by atoms with Crippen molar-refractivity contribution < 1.29 is 8.94 Å². The molecular formula is C21H27FN2OS. The second-order valence-electron chi connectivity index (χ2n) is 8.16. The average Bonchev–Trinajstić information content (AvgIpc) is 2.61. The molecule has 1 heterocycles. The van der Waals surface area contributed by atoms with E-state index in [4.69, 9.17) is 0 Å². The van der Waals surface area contributed by atoms with Crippen LogP contribution in [0.15, 0.2) is 34.9 Å². The Morgan fingerprint density at radius 2 is 1.96 bits per heavy atom. The first kappa shape index (κ1) is 19.3. The number of fused-ring (bicyclic) bond motifs is 1. The van der Waals surface area contributed by atoms with Crippen molar-refractivity contribution in [3.8, 4) is 0 Å². The Morgan fingerprint density at radius 3 is 2.65 bits per heavy atom. The fraction of sp³-hybridized carbons (Fsp3) is 0.524. The van der Waals surface area contributed by atoms with Crippen LogP contribution in [0.25, 0.3) is 10.9 Å². The molecule has 0 bridgehead atoms. The largest absolute Gasteiger partial charge is 0.591 e. The molecule has 1 aromatic heterocycles. The molecule has 1 unspecified atom stereocenters. The number of rotatable bonds is 4. The Morgan fingerprint density at radius 1 is 1.23 bits per heavy atom. The van der Waals surface area contributed by atoms with Crippen LogP contribution in [-0.4, -0.2) is 20.5 Å². The summed E-state index contributed by atoms with van der Waals surface area (Å²) < 4.78 is 29.6. The number of hydrogen-bond acceptors (Lipinski definition) is 3. The average molecular weight is 375 g/mol. The first-order valence-corrected chi connectivity index (χ1v) is 10.4. The van der Waals surface area contributed by atoms with Crippen molar-refractivity contribution in [2.75, 3.05) is 0 Å². The zero-order chi connectivity index (χ0) is 18.7. The van der Waals surface area contributed by atoms with Gasteiger partial charge < -0.3 is 4.55 Å². The van der Waals surface area contributed by atoms with Crippen LogP contribution in [0.3, 0.4) is 0 Å². The summed E-state index contributed by atoms with van der Waals surface area (Å²) in [5, 5.41) is 0.943. The van der Waals surface area contributed by atoms with Crippen LogP contribution in [0.2, 0.25) is 0 Å². The van der Waals surface area contributed by atoms with Crippen molar-refractivity contribution in [2.45, 2.75) is 63.5 Å². The van der Waals surface area contributed by atoms with Crippen LogP contribution in [0.5, 0.6) is 0 Å². The van der Waals surface area contributed by atoms with Gasteiger partial charge >= 0.3 is 0 Å². The third kappa shape index (κ3) is 4.63. The highest BCUT2D eigenvalue weighted by atomic mass is 32.2. The second-order valence-corrected chi connectivity index (χ2v) is 10.1. The minimum Gasteiger partial charge on any atom is -0.591 e. The lowest BCUT2D eigenvalue weighted by Crippen LogP contribution is -2.26. The van der Waals surface area contributed by atoms with Crippen molar-refractivity contribution in [2.24, 2.45) is 10.3 Å². The van der Waals surface area contributed by atoms with Gasteiger partial charge in [-0.1, -0.05) is 4.40 Å². The summed E-state index contributed by atoms with van der Waals surface area (Å²) >= 11 is -1.17. The maximum atomic E-state index is 13.7. The predicted octanol–water partition coefficient (Wildman–Crippen LogP) is 5.57. The normalized spacial score (nSPS) is 22.8. The van der Waals surface area contributed by atoms with Crippen LogP contribution in [-0.2, 0) is 11.4 Å². The zero-order valence-electron chi connectivity index (χ0n) is 15.7. The van der Waals surface area contributed by atoms with E-state index in [-0.39, 0.29) is 10.6 Å². The van der Waals surface area contributed by atoms with Crippen LogP contribution >= 0.6 is 0 Å². The Bertz CT molecular complexity index is 779. The highest BCUT2D eigenvalue weighted by Gasteiger charge is 2.27. The Kier molecular flexibility index (Phi) is 5.98. The van der Waals surface area contributed by atoms with E-state index in [0.29, 0.717) is 11.8 Å².